The zero-order chi connectivity index (χ0) is 16.8. The molecule has 6 nitrogen and oxygen atoms in total. The summed E-state index contributed by atoms with van der Waals surface area (Å²) >= 11 is 1.92. The van der Waals surface area contributed by atoms with Gasteiger partial charge in [-0.05, 0) is 46.3 Å². The van der Waals surface area contributed by atoms with Gasteiger partial charge in [-0.3, -0.25) is 4.99 Å². The van der Waals surface area contributed by atoms with Crippen LogP contribution in [0.15, 0.2) is 4.99 Å². The van der Waals surface area contributed by atoms with Crippen molar-refractivity contribution in [1.82, 2.24) is 15.4 Å². The van der Waals surface area contributed by atoms with E-state index in [2.05, 4.69) is 26.6 Å². The minimum Gasteiger partial charge on any atom is -0.357 e. The van der Waals surface area contributed by atoms with Crippen molar-refractivity contribution in [3.63, 3.8) is 0 Å². The molecule has 3 N–H and O–H groups in total. The first-order chi connectivity index (χ1) is 10.1. The second kappa shape index (κ2) is 8.40. The van der Waals surface area contributed by atoms with Gasteiger partial charge in [-0.15, -0.1) is 0 Å². The zero-order valence-electron chi connectivity index (χ0n) is 14.3. The van der Waals surface area contributed by atoms with E-state index < -0.39 is 15.6 Å². The lowest BCUT2D eigenvalue weighted by molar-refractivity contribution is 0.463. The third-order valence-corrected chi connectivity index (χ3v) is 5.52. The van der Waals surface area contributed by atoms with Crippen molar-refractivity contribution in [2.75, 3.05) is 25.6 Å². The summed E-state index contributed by atoms with van der Waals surface area (Å²) in [6.07, 6.45) is 6.87. The van der Waals surface area contributed by atoms with E-state index in [1.165, 1.54) is 12.7 Å². The van der Waals surface area contributed by atoms with Crippen molar-refractivity contribution >= 4 is 27.7 Å². The quantitative estimate of drug-likeness (QED) is 0.474. The standard InChI is InChI=1S/C14H30N4O2S2/c1-6-15-13(17-11-7-8-12(9-11)21-4)16-10-14(2,3)18-22(5,19)20/h11-12,18H,6-10H2,1-5H3,(H2,15,16,17). The fraction of sp³-hybridized carbons (Fsp3) is 0.929. The summed E-state index contributed by atoms with van der Waals surface area (Å²) < 4.78 is 25.4. The summed E-state index contributed by atoms with van der Waals surface area (Å²) in [5.41, 5.74) is -0.604. The van der Waals surface area contributed by atoms with E-state index >= 15 is 0 Å². The normalized spacial score (nSPS) is 23.6. The van der Waals surface area contributed by atoms with Crippen molar-refractivity contribution in [3.8, 4) is 0 Å². The number of guanidine groups is 1. The highest BCUT2D eigenvalue weighted by Crippen LogP contribution is 2.28. The second-order valence-corrected chi connectivity index (χ2v) is 9.35. The first-order valence-corrected chi connectivity index (χ1v) is 10.9. The van der Waals surface area contributed by atoms with E-state index in [9.17, 15) is 8.42 Å². The lowest BCUT2D eigenvalue weighted by atomic mass is 10.1. The van der Waals surface area contributed by atoms with Crippen molar-refractivity contribution in [2.24, 2.45) is 4.99 Å². The maximum absolute atomic E-state index is 11.4. The van der Waals surface area contributed by atoms with E-state index in [1.807, 2.05) is 32.5 Å². The Morgan fingerprint density at radius 3 is 2.55 bits per heavy atom. The largest absolute Gasteiger partial charge is 0.357 e. The first-order valence-electron chi connectivity index (χ1n) is 7.72. The van der Waals surface area contributed by atoms with E-state index in [1.54, 1.807) is 0 Å². The molecule has 0 aliphatic heterocycles. The average molecular weight is 351 g/mol. The first kappa shape index (κ1) is 19.6. The Bertz CT molecular complexity index is 477. The maximum atomic E-state index is 11.4. The Kier molecular flexibility index (Phi) is 7.48. The summed E-state index contributed by atoms with van der Waals surface area (Å²) in [7, 11) is -3.24. The number of hydrogen-bond donors (Lipinski definition) is 3. The molecule has 0 aromatic carbocycles. The van der Waals surface area contributed by atoms with Crippen LogP contribution in [0.4, 0.5) is 0 Å². The smallest absolute Gasteiger partial charge is 0.209 e. The molecule has 1 aliphatic carbocycles. The summed E-state index contributed by atoms with van der Waals surface area (Å²) in [4.78, 5) is 4.54. The molecule has 0 spiro atoms. The molecule has 2 unspecified atom stereocenters. The Balaban J connectivity index is 2.62. The highest BCUT2D eigenvalue weighted by atomic mass is 32.2. The fourth-order valence-electron chi connectivity index (χ4n) is 2.61. The van der Waals surface area contributed by atoms with Crippen LogP contribution in [0.2, 0.25) is 0 Å². The molecule has 0 aromatic heterocycles. The Labute approximate surface area is 139 Å². The minimum atomic E-state index is -3.24. The Morgan fingerprint density at radius 2 is 2.05 bits per heavy atom. The number of nitrogens with one attached hydrogen (secondary N) is 3. The van der Waals surface area contributed by atoms with Crippen molar-refractivity contribution in [1.29, 1.82) is 0 Å². The predicted octanol–water partition coefficient (Wildman–Crippen LogP) is 1.15. The van der Waals surface area contributed by atoms with Gasteiger partial charge in [0.2, 0.25) is 10.0 Å². The van der Waals surface area contributed by atoms with Gasteiger partial charge < -0.3 is 10.6 Å². The van der Waals surface area contributed by atoms with E-state index in [-0.39, 0.29) is 0 Å². The van der Waals surface area contributed by atoms with Crippen molar-refractivity contribution in [3.05, 3.63) is 0 Å². The maximum Gasteiger partial charge on any atom is 0.209 e. The van der Waals surface area contributed by atoms with Gasteiger partial charge in [-0.2, -0.15) is 11.8 Å². The fourth-order valence-corrected chi connectivity index (χ4v) is 4.47. The number of hydrogen-bond acceptors (Lipinski definition) is 4. The van der Waals surface area contributed by atoms with E-state index in [0.29, 0.717) is 12.6 Å². The molecule has 0 heterocycles. The van der Waals surface area contributed by atoms with Crippen LogP contribution in [-0.4, -0.2) is 56.8 Å². The van der Waals surface area contributed by atoms with Gasteiger partial charge in [0.1, 0.15) is 0 Å². The molecule has 0 aromatic rings. The topological polar surface area (TPSA) is 82.6 Å². The van der Waals surface area contributed by atoms with Crippen LogP contribution < -0.4 is 15.4 Å². The third kappa shape index (κ3) is 7.69. The van der Waals surface area contributed by atoms with Crippen molar-refractivity contribution < 1.29 is 8.42 Å². The van der Waals surface area contributed by atoms with Crippen LogP contribution in [0.25, 0.3) is 0 Å². The van der Waals surface area contributed by atoms with Gasteiger partial charge in [0.05, 0.1) is 12.8 Å². The van der Waals surface area contributed by atoms with Gasteiger partial charge in [0.15, 0.2) is 5.96 Å². The minimum absolute atomic E-state index is 0.383. The van der Waals surface area contributed by atoms with Gasteiger partial charge >= 0.3 is 0 Å². The molecule has 22 heavy (non-hydrogen) atoms. The molecule has 0 bridgehead atoms. The SMILES string of the molecule is CCNC(=NCC(C)(C)NS(C)(=O)=O)NC1CCC(SC)C1. The van der Waals surface area contributed by atoms with E-state index in [4.69, 9.17) is 0 Å². The second-order valence-electron chi connectivity index (χ2n) is 6.47. The monoisotopic (exact) mass is 350 g/mol. The number of rotatable bonds is 7. The van der Waals surface area contributed by atoms with Crippen LogP contribution in [-0.2, 0) is 10.0 Å². The lowest BCUT2D eigenvalue weighted by Crippen LogP contribution is -2.47. The van der Waals surface area contributed by atoms with E-state index in [0.717, 1.165) is 30.6 Å². The number of sulfonamides is 1. The molecule has 1 fully saturated rings. The molecular formula is C14H30N4O2S2. The predicted molar refractivity (Wildman–Crippen MR) is 96.1 cm³/mol. The number of aliphatic imine (C=N–C) groups is 1. The van der Waals surface area contributed by atoms with Gasteiger partial charge in [0.25, 0.3) is 0 Å². The van der Waals surface area contributed by atoms with Crippen LogP contribution in [0.1, 0.15) is 40.0 Å². The lowest BCUT2D eigenvalue weighted by Gasteiger charge is -2.24. The summed E-state index contributed by atoms with van der Waals surface area (Å²) in [6, 6.07) is 0.446. The van der Waals surface area contributed by atoms with Gasteiger partial charge in [0, 0.05) is 23.4 Å². The summed E-state index contributed by atoms with van der Waals surface area (Å²) in [5.74, 6) is 0.762. The summed E-state index contributed by atoms with van der Waals surface area (Å²) in [5, 5.41) is 7.42. The molecule has 1 saturated carbocycles. The highest BCUT2D eigenvalue weighted by Gasteiger charge is 2.25. The molecule has 0 saturated heterocycles. The molecule has 1 rings (SSSR count). The Hall–Kier alpha value is -0.470. The molecule has 2 atom stereocenters. The van der Waals surface area contributed by atoms with Crippen molar-refractivity contribution in [2.45, 2.75) is 56.9 Å². The molecule has 130 valence electrons. The average Bonchev–Trinajstić information content (AvgIpc) is 2.81. The van der Waals surface area contributed by atoms with Crippen LogP contribution in [0, 0.1) is 0 Å². The highest BCUT2D eigenvalue weighted by molar-refractivity contribution is 7.99. The van der Waals surface area contributed by atoms with Crippen LogP contribution in [0.5, 0.6) is 0 Å². The Morgan fingerprint density at radius 1 is 1.36 bits per heavy atom. The number of thioether (sulfide) groups is 1. The van der Waals surface area contributed by atoms with Crippen LogP contribution >= 0.6 is 11.8 Å². The van der Waals surface area contributed by atoms with Crippen LogP contribution in [0.3, 0.4) is 0 Å². The number of nitrogens with zero attached hydrogens (tertiary/aromatic N) is 1. The van der Waals surface area contributed by atoms with Gasteiger partial charge in [-0.1, -0.05) is 0 Å². The molecule has 8 heteroatoms. The summed E-state index contributed by atoms with van der Waals surface area (Å²) in [6.45, 7) is 6.86. The van der Waals surface area contributed by atoms with Gasteiger partial charge in [-0.25, -0.2) is 13.1 Å². The molecular weight excluding hydrogens is 320 g/mol. The molecule has 0 radical (unpaired) electrons. The third-order valence-electron chi connectivity index (χ3n) is 3.50. The molecule has 0 amide bonds. The molecule has 1 aliphatic rings. The zero-order valence-corrected chi connectivity index (χ0v) is 15.9.